The Balaban J connectivity index is 1.75. The van der Waals surface area contributed by atoms with Gasteiger partial charge >= 0.3 is 0 Å². The highest BCUT2D eigenvalue weighted by atomic mass is 16.6. The van der Waals surface area contributed by atoms with Gasteiger partial charge in [0.15, 0.2) is 0 Å². The number of hydrogen-bond donors (Lipinski definition) is 2. The monoisotopic (exact) mass is 264 g/mol. The summed E-state index contributed by atoms with van der Waals surface area (Å²) in [4.78, 5) is 10.5. The van der Waals surface area contributed by atoms with E-state index in [2.05, 4.69) is 5.32 Å². The van der Waals surface area contributed by atoms with E-state index in [0.717, 1.165) is 37.9 Å². The SMILES string of the molecule is O=[N+]([O-])c1ccccc1CCNCC1CCC(O)C1. The number of benzene rings is 1. The molecule has 0 bridgehead atoms. The van der Waals surface area contributed by atoms with E-state index in [1.165, 1.54) is 0 Å². The molecule has 1 saturated carbocycles. The van der Waals surface area contributed by atoms with Crippen LogP contribution in [0.4, 0.5) is 5.69 Å². The molecule has 1 aliphatic rings. The molecule has 2 N–H and O–H groups in total. The number of aliphatic hydroxyl groups is 1. The average molecular weight is 264 g/mol. The van der Waals surface area contributed by atoms with E-state index in [1.807, 2.05) is 6.07 Å². The van der Waals surface area contributed by atoms with Crippen LogP contribution in [0.25, 0.3) is 0 Å². The van der Waals surface area contributed by atoms with E-state index in [-0.39, 0.29) is 16.7 Å². The van der Waals surface area contributed by atoms with Gasteiger partial charge in [-0.15, -0.1) is 0 Å². The molecule has 5 heteroatoms. The zero-order chi connectivity index (χ0) is 13.7. The van der Waals surface area contributed by atoms with E-state index in [4.69, 9.17) is 0 Å². The van der Waals surface area contributed by atoms with Crippen LogP contribution in [0.3, 0.4) is 0 Å². The molecule has 0 amide bonds. The van der Waals surface area contributed by atoms with Crippen LogP contribution in [-0.2, 0) is 6.42 Å². The molecular formula is C14H20N2O3. The van der Waals surface area contributed by atoms with E-state index in [9.17, 15) is 15.2 Å². The predicted octanol–water partition coefficient (Wildman–Crippen LogP) is 1.89. The smallest absolute Gasteiger partial charge is 0.272 e. The van der Waals surface area contributed by atoms with Crippen LogP contribution in [0, 0.1) is 16.0 Å². The van der Waals surface area contributed by atoms with Crippen molar-refractivity contribution in [3.8, 4) is 0 Å². The summed E-state index contributed by atoms with van der Waals surface area (Å²) < 4.78 is 0. The van der Waals surface area contributed by atoms with Gasteiger partial charge in [0.2, 0.25) is 0 Å². The highest BCUT2D eigenvalue weighted by Gasteiger charge is 2.22. The van der Waals surface area contributed by atoms with Gasteiger partial charge in [-0.05, 0) is 44.7 Å². The van der Waals surface area contributed by atoms with Gasteiger partial charge in [0.05, 0.1) is 11.0 Å². The molecule has 2 unspecified atom stereocenters. The fraction of sp³-hybridized carbons (Fsp3) is 0.571. The Hall–Kier alpha value is -1.46. The van der Waals surface area contributed by atoms with Crippen LogP contribution >= 0.6 is 0 Å². The molecule has 0 aliphatic heterocycles. The molecule has 0 radical (unpaired) electrons. The van der Waals surface area contributed by atoms with Crippen molar-refractivity contribution in [2.45, 2.75) is 31.8 Å². The molecule has 5 nitrogen and oxygen atoms in total. The number of nitro groups is 1. The summed E-state index contributed by atoms with van der Waals surface area (Å²) in [5.74, 6) is 0.542. The molecule has 1 fully saturated rings. The van der Waals surface area contributed by atoms with Crippen LogP contribution in [-0.4, -0.2) is 29.2 Å². The van der Waals surface area contributed by atoms with Crippen molar-refractivity contribution in [1.29, 1.82) is 0 Å². The Bertz CT molecular complexity index is 436. The van der Waals surface area contributed by atoms with Gasteiger partial charge in [-0.2, -0.15) is 0 Å². The van der Waals surface area contributed by atoms with Crippen molar-refractivity contribution in [1.82, 2.24) is 5.32 Å². The fourth-order valence-electron chi connectivity index (χ4n) is 2.66. The number of aliphatic hydroxyl groups excluding tert-OH is 1. The molecule has 0 saturated heterocycles. The predicted molar refractivity (Wildman–Crippen MR) is 73.0 cm³/mol. The minimum absolute atomic E-state index is 0.137. The quantitative estimate of drug-likeness (QED) is 0.467. The third-order valence-electron chi connectivity index (χ3n) is 3.71. The summed E-state index contributed by atoms with van der Waals surface area (Å²) in [7, 11) is 0. The van der Waals surface area contributed by atoms with Gasteiger partial charge in [0.1, 0.15) is 0 Å². The second kappa shape index (κ2) is 6.63. The first-order valence-electron chi connectivity index (χ1n) is 6.78. The molecular weight excluding hydrogens is 244 g/mol. The fourth-order valence-corrected chi connectivity index (χ4v) is 2.66. The summed E-state index contributed by atoms with van der Waals surface area (Å²) in [5, 5.41) is 23.6. The normalized spacial score (nSPS) is 22.6. The number of nitrogens with zero attached hydrogens (tertiary/aromatic N) is 1. The lowest BCUT2D eigenvalue weighted by Gasteiger charge is -2.10. The summed E-state index contributed by atoms with van der Waals surface area (Å²) in [5.41, 5.74) is 0.965. The highest BCUT2D eigenvalue weighted by Crippen LogP contribution is 2.24. The van der Waals surface area contributed by atoms with Crippen LogP contribution < -0.4 is 5.32 Å². The number of nitrogens with one attached hydrogen (secondary N) is 1. The Labute approximate surface area is 112 Å². The summed E-state index contributed by atoms with van der Waals surface area (Å²) >= 11 is 0. The van der Waals surface area contributed by atoms with Gasteiger partial charge in [-0.3, -0.25) is 10.1 Å². The van der Waals surface area contributed by atoms with Crippen LogP contribution in [0.15, 0.2) is 24.3 Å². The topological polar surface area (TPSA) is 75.4 Å². The lowest BCUT2D eigenvalue weighted by Crippen LogP contribution is -2.24. The highest BCUT2D eigenvalue weighted by molar-refractivity contribution is 5.39. The van der Waals surface area contributed by atoms with Crippen molar-refractivity contribution in [2.24, 2.45) is 5.92 Å². The molecule has 1 aliphatic carbocycles. The van der Waals surface area contributed by atoms with Crippen molar-refractivity contribution in [3.05, 3.63) is 39.9 Å². The molecule has 2 atom stereocenters. The lowest BCUT2D eigenvalue weighted by atomic mass is 10.1. The molecule has 0 heterocycles. The number of para-hydroxylation sites is 1. The second-order valence-corrected chi connectivity index (χ2v) is 5.17. The van der Waals surface area contributed by atoms with Gasteiger partial charge < -0.3 is 10.4 Å². The minimum Gasteiger partial charge on any atom is -0.393 e. The number of hydrogen-bond acceptors (Lipinski definition) is 4. The second-order valence-electron chi connectivity index (χ2n) is 5.17. The van der Waals surface area contributed by atoms with Crippen LogP contribution in [0.5, 0.6) is 0 Å². The Morgan fingerprint density at radius 1 is 1.37 bits per heavy atom. The van der Waals surface area contributed by atoms with Crippen molar-refractivity contribution in [2.75, 3.05) is 13.1 Å². The standard InChI is InChI=1S/C14H20N2O3/c17-13-6-5-11(9-13)10-15-8-7-12-3-1-2-4-14(12)16(18)19/h1-4,11,13,15,17H,5-10H2. The first-order chi connectivity index (χ1) is 9.16. The zero-order valence-corrected chi connectivity index (χ0v) is 10.9. The van der Waals surface area contributed by atoms with Gasteiger partial charge in [-0.1, -0.05) is 18.2 Å². The molecule has 0 spiro atoms. The van der Waals surface area contributed by atoms with E-state index < -0.39 is 0 Å². The summed E-state index contributed by atoms with van der Waals surface area (Å²) in [6, 6.07) is 6.87. The first kappa shape index (κ1) is 14.0. The minimum atomic E-state index is -0.331. The van der Waals surface area contributed by atoms with Gasteiger partial charge in [0, 0.05) is 11.6 Å². The maximum atomic E-state index is 10.9. The molecule has 104 valence electrons. The maximum absolute atomic E-state index is 10.9. The molecule has 2 rings (SSSR count). The molecule has 19 heavy (non-hydrogen) atoms. The largest absolute Gasteiger partial charge is 0.393 e. The zero-order valence-electron chi connectivity index (χ0n) is 10.9. The third kappa shape index (κ3) is 4.01. The first-order valence-corrected chi connectivity index (χ1v) is 6.78. The van der Waals surface area contributed by atoms with Crippen LogP contribution in [0.2, 0.25) is 0 Å². The van der Waals surface area contributed by atoms with Crippen molar-refractivity contribution >= 4 is 5.69 Å². The van der Waals surface area contributed by atoms with Gasteiger partial charge in [0.25, 0.3) is 5.69 Å². The maximum Gasteiger partial charge on any atom is 0.272 e. The van der Waals surface area contributed by atoms with Crippen molar-refractivity contribution < 1.29 is 10.0 Å². The molecule has 1 aromatic rings. The third-order valence-corrected chi connectivity index (χ3v) is 3.71. The Kier molecular flexibility index (Phi) is 4.87. The Morgan fingerprint density at radius 2 is 2.16 bits per heavy atom. The van der Waals surface area contributed by atoms with Gasteiger partial charge in [-0.25, -0.2) is 0 Å². The number of nitro benzene ring substituents is 1. The molecule has 0 aromatic heterocycles. The van der Waals surface area contributed by atoms with Crippen LogP contribution in [0.1, 0.15) is 24.8 Å². The summed E-state index contributed by atoms with van der Waals surface area (Å²) in [6.07, 6.45) is 3.36. The summed E-state index contributed by atoms with van der Waals surface area (Å²) in [6.45, 7) is 1.62. The van der Waals surface area contributed by atoms with Crippen molar-refractivity contribution in [3.63, 3.8) is 0 Å². The lowest BCUT2D eigenvalue weighted by molar-refractivity contribution is -0.385. The number of rotatable bonds is 6. The van der Waals surface area contributed by atoms with E-state index in [1.54, 1.807) is 18.2 Å². The average Bonchev–Trinajstić information content (AvgIpc) is 2.81. The molecule has 1 aromatic carbocycles. The van der Waals surface area contributed by atoms with E-state index >= 15 is 0 Å². The Morgan fingerprint density at radius 3 is 2.84 bits per heavy atom. The van der Waals surface area contributed by atoms with E-state index in [0.29, 0.717) is 12.3 Å².